The highest BCUT2D eigenvalue weighted by atomic mass is 32.2. The molecule has 0 bridgehead atoms. The van der Waals surface area contributed by atoms with Gasteiger partial charge >= 0.3 is 0 Å². The zero-order valence-electron chi connectivity index (χ0n) is 13.6. The van der Waals surface area contributed by atoms with Crippen molar-refractivity contribution in [3.8, 4) is 0 Å². The Balaban J connectivity index is 1.76. The predicted octanol–water partition coefficient (Wildman–Crippen LogP) is 1.08. The average Bonchev–Trinajstić information content (AvgIpc) is 3.01. The second kappa shape index (κ2) is 5.77. The van der Waals surface area contributed by atoms with E-state index >= 15 is 0 Å². The molecule has 3 fully saturated rings. The van der Waals surface area contributed by atoms with Crippen molar-refractivity contribution in [1.82, 2.24) is 0 Å². The molecular weight excluding hydrogens is 312 g/mol. The number of ether oxygens (including phenoxy) is 5. The summed E-state index contributed by atoms with van der Waals surface area (Å²) in [5.74, 6) is -1.01. The van der Waals surface area contributed by atoms with Crippen molar-refractivity contribution in [3.05, 3.63) is 0 Å². The topological polar surface area (TPSA) is 72.5 Å². The van der Waals surface area contributed by atoms with E-state index < -0.39 is 47.3 Å². The minimum absolute atomic E-state index is 0.310. The molecule has 8 heteroatoms. The van der Waals surface area contributed by atoms with Crippen molar-refractivity contribution in [2.75, 3.05) is 12.4 Å². The lowest BCUT2D eigenvalue weighted by Crippen LogP contribution is -2.44. The SMILES string of the molecule is CC[S@@](=O)O[C@@H]1[C@H]2OC(C)(C)O[C@H]2O[C@@H]1[C@@H]1COC(C)(C)O1. The van der Waals surface area contributed by atoms with Crippen LogP contribution < -0.4 is 0 Å². The van der Waals surface area contributed by atoms with Crippen LogP contribution in [0.15, 0.2) is 0 Å². The third kappa shape index (κ3) is 3.24. The molecule has 3 heterocycles. The summed E-state index contributed by atoms with van der Waals surface area (Å²) in [6.07, 6.45) is -2.25. The van der Waals surface area contributed by atoms with Gasteiger partial charge in [-0.2, -0.15) is 0 Å². The van der Waals surface area contributed by atoms with E-state index in [4.69, 9.17) is 27.9 Å². The highest BCUT2D eigenvalue weighted by molar-refractivity contribution is 7.80. The predicted molar refractivity (Wildman–Crippen MR) is 77.2 cm³/mol. The fourth-order valence-corrected chi connectivity index (χ4v) is 3.59. The molecule has 22 heavy (non-hydrogen) atoms. The van der Waals surface area contributed by atoms with E-state index in [9.17, 15) is 4.21 Å². The Bertz CT molecular complexity index is 452. The molecule has 3 aliphatic rings. The van der Waals surface area contributed by atoms with Crippen LogP contribution >= 0.6 is 0 Å². The first kappa shape index (κ1) is 16.8. The monoisotopic (exact) mass is 336 g/mol. The van der Waals surface area contributed by atoms with Crippen molar-refractivity contribution in [2.45, 2.75) is 76.9 Å². The quantitative estimate of drug-likeness (QED) is 0.761. The van der Waals surface area contributed by atoms with E-state index in [1.165, 1.54) is 0 Å². The largest absolute Gasteiger partial charge is 0.348 e. The second-order valence-corrected chi connectivity index (χ2v) is 7.97. The van der Waals surface area contributed by atoms with Crippen LogP contribution in [0.25, 0.3) is 0 Å². The average molecular weight is 336 g/mol. The standard InChI is InChI=1S/C14H24O7S/c1-6-22(15)21-10-9(8-7-16-13(2,3)18-8)17-12-11(10)19-14(4,5)20-12/h8-12H,6-7H2,1-5H3/t8-,9+,10-,11+,12+,22-/m0/s1. The van der Waals surface area contributed by atoms with Gasteiger partial charge in [0.2, 0.25) is 0 Å². The fourth-order valence-electron chi connectivity index (χ4n) is 2.98. The first-order chi connectivity index (χ1) is 10.2. The Kier molecular flexibility index (Phi) is 4.39. The molecule has 0 aromatic heterocycles. The molecule has 0 unspecified atom stereocenters. The Morgan fingerprint density at radius 1 is 1.09 bits per heavy atom. The summed E-state index contributed by atoms with van der Waals surface area (Å²) < 4.78 is 46.5. The minimum atomic E-state index is -1.40. The zero-order valence-corrected chi connectivity index (χ0v) is 14.4. The summed E-state index contributed by atoms with van der Waals surface area (Å²) in [5, 5.41) is 0. The third-order valence-electron chi connectivity index (χ3n) is 3.88. The maximum absolute atomic E-state index is 11.9. The molecule has 0 aromatic carbocycles. The van der Waals surface area contributed by atoms with Crippen molar-refractivity contribution in [3.63, 3.8) is 0 Å². The Morgan fingerprint density at radius 3 is 2.41 bits per heavy atom. The normalized spacial score (nSPS) is 44.1. The molecular formula is C14H24O7S. The van der Waals surface area contributed by atoms with Crippen molar-refractivity contribution in [1.29, 1.82) is 0 Å². The lowest BCUT2D eigenvalue weighted by Gasteiger charge is -2.28. The molecule has 128 valence electrons. The maximum Gasteiger partial charge on any atom is 0.190 e. The highest BCUT2D eigenvalue weighted by Crippen LogP contribution is 2.42. The summed E-state index contributed by atoms with van der Waals surface area (Å²) in [5.41, 5.74) is 0. The summed E-state index contributed by atoms with van der Waals surface area (Å²) in [4.78, 5) is 0. The van der Waals surface area contributed by atoms with Gasteiger partial charge in [0, 0.05) is 5.75 Å². The number of rotatable bonds is 4. The lowest BCUT2D eigenvalue weighted by atomic mass is 10.1. The summed E-state index contributed by atoms with van der Waals surface area (Å²) >= 11 is -1.40. The second-order valence-electron chi connectivity index (χ2n) is 6.59. The summed E-state index contributed by atoms with van der Waals surface area (Å²) in [6.45, 7) is 9.51. The minimum Gasteiger partial charge on any atom is -0.348 e. The fraction of sp³-hybridized carbons (Fsp3) is 1.00. The first-order valence-electron chi connectivity index (χ1n) is 7.59. The van der Waals surface area contributed by atoms with Crippen molar-refractivity contribution >= 4 is 11.1 Å². The summed E-state index contributed by atoms with van der Waals surface area (Å²) in [6, 6.07) is 0. The van der Waals surface area contributed by atoms with Gasteiger partial charge in [-0.3, -0.25) is 4.18 Å². The first-order valence-corrected chi connectivity index (χ1v) is 8.83. The van der Waals surface area contributed by atoms with Gasteiger partial charge in [-0.25, -0.2) is 4.21 Å². The molecule has 0 N–H and O–H groups in total. The van der Waals surface area contributed by atoms with Crippen molar-refractivity contribution < 1.29 is 32.1 Å². The molecule has 3 saturated heterocycles. The molecule has 0 amide bonds. The van der Waals surface area contributed by atoms with E-state index in [2.05, 4.69) is 0 Å². The van der Waals surface area contributed by atoms with E-state index in [1.54, 1.807) is 6.92 Å². The molecule has 0 aromatic rings. The molecule has 3 rings (SSSR count). The van der Waals surface area contributed by atoms with Crippen LogP contribution in [-0.4, -0.2) is 58.8 Å². The van der Waals surface area contributed by atoms with E-state index in [1.807, 2.05) is 27.7 Å². The number of hydrogen-bond donors (Lipinski definition) is 0. The van der Waals surface area contributed by atoms with Gasteiger partial charge in [0.1, 0.15) is 24.4 Å². The van der Waals surface area contributed by atoms with E-state index in [0.717, 1.165) is 0 Å². The lowest BCUT2D eigenvalue weighted by molar-refractivity contribution is -0.230. The van der Waals surface area contributed by atoms with Crippen molar-refractivity contribution in [2.24, 2.45) is 0 Å². The Morgan fingerprint density at radius 2 is 1.82 bits per heavy atom. The molecule has 0 radical (unpaired) electrons. The van der Waals surface area contributed by atoms with Gasteiger partial charge in [-0.1, -0.05) is 6.92 Å². The molecule has 0 saturated carbocycles. The molecule has 0 aliphatic carbocycles. The molecule has 0 spiro atoms. The van der Waals surface area contributed by atoms with E-state index in [0.29, 0.717) is 12.4 Å². The van der Waals surface area contributed by atoms with Crippen LogP contribution in [0.3, 0.4) is 0 Å². The van der Waals surface area contributed by atoms with Crippen LogP contribution in [0.2, 0.25) is 0 Å². The number of hydrogen-bond acceptors (Lipinski definition) is 7. The molecule has 3 aliphatic heterocycles. The third-order valence-corrected chi connectivity index (χ3v) is 4.79. The van der Waals surface area contributed by atoms with Crippen LogP contribution in [0.4, 0.5) is 0 Å². The maximum atomic E-state index is 11.9. The number of fused-ring (bicyclic) bond motifs is 1. The highest BCUT2D eigenvalue weighted by Gasteiger charge is 2.59. The van der Waals surface area contributed by atoms with Gasteiger partial charge < -0.3 is 23.7 Å². The van der Waals surface area contributed by atoms with Gasteiger partial charge in [0.15, 0.2) is 28.9 Å². The van der Waals surface area contributed by atoms with Gasteiger partial charge in [0.25, 0.3) is 0 Å². The zero-order chi connectivity index (χ0) is 16.1. The Hall–Kier alpha value is -0.0900. The molecule has 6 atom stereocenters. The van der Waals surface area contributed by atoms with Crippen LogP contribution in [-0.2, 0) is 38.9 Å². The molecule has 7 nitrogen and oxygen atoms in total. The van der Waals surface area contributed by atoms with Gasteiger partial charge in [-0.15, -0.1) is 0 Å². The van der Waals surface area contributed by atoms with E-state index in [-0.39, 0.29) is 6.10 Å². The summed E-state index contributed by atoms with van der Waals surface area (Å²) in [7, 11) is 0. The van der Waals surface area contributed by atoms with Gasteiger partial charge in [0.05, 0.1) is 6.61 Å². The smallest absolute Gasteiger partial charge is 0.190 e. The van der Waals surface area contributed by atoms with Crippen LogP contribution in [0, 0.1) is 0 Å². The van der Waals surface area contributed by atoms with Crippen LogP contribution in [0.1, 0.15) is 34.6 Å². The van der Waals surface area contributed by atoms with Crippen LogP contribution in [0.5, 0.6) is 0 Å². The van der Waals surface area contributed by atoms with Gasteiger partial charge in [-0.05, 0) is 27.7 Å². The Labute approximate surface area is 133 Å².